The number of aryl methyl sites for hydroxylation is 1. The molecule has 13 heteroatoms. The molecule has 0 unspecified atom stereocenters. The zero-order valence-corrected chi connectivity index (χ0v) is 24.3. The number of nitrogens with zero attached hydrogens (tertiary/aromatic N) is 8. The normalized spacial score (nSPS) is 12.8. The highest BCUT2D eigenvalue weighted by Gasteiger charge is 2.41. The topological polar surface area (TPSA) is 127 Å². The van der Waals surface area contributed by atoms with Crippen molar-refractivity contribution in [2.24, 2.45) is 7.05 Å². The molecule has 3 heterocycles. The molecule has 2 aromatic heterocycles. The quantitative estimate of drug-likeness (QED) is 0.255. The molecule has 0 spiro atoms. The number of fused-ring (bicyclic) bond motifs is 1. The Hall–Kier alpha value is -5.27. The van der Waals surface area contributed by atoms with Crippen LogP contribution in [0, 0.1) is 22.7 Å². The standard InChI is InChI=1S/C31H28F3N9O/c1-4-41(2)16-20-11-24-25(26(12-20)31(32,33)34)17-43(30(24)44)28-14-21(13-27(39-28)37-9-5-8-35)23-10-19(15-36)6-7-22(23)29-40-38-18-42(29)3/h6-7,10-14,18H,4-5,9,16-17H2,1-3H3,(H,37,39). The first-order valence-corrected chi connectivity index (χ1v) is 13.8. The van der Waals surface area contributed by atoms with Crippen LogP contribution in [0.2, 0.25) is 0 Å². The average Bonchev–Trinajstić information content (AvgIpc) is 3.58. The first kappa shape index (κ1) is 30.2. The van der Waals surface area contributed by atoms with Gasteiger partial charge in [-0.25, -0.2) is 4.98 Å². The van der Waals surface area contributed by atoms with Gasteiger partial charge in [0.25, 0.3) is 5.91 Å². The van der Waals surface area contributed by atoms with E-state index in [-0.39, 0.29) is 43.0 Å². The zero-order valence-electron chi connectivity index (χ0n) is 24.3. The van der Waals surface area contributed by atoms with Crippen LogP contribution in [0.25, 0.3) is 22.5 Å². The maximum absolute atomic E-state index is 14.3. The molecule has 1 N–H and O–H groups in total. The van der Waals surface area contributed by atoms with Gasteiger partial charge in [-0.2, -0.15) is 23.7 Å². The lowest BCUT2D eigenvalue weighted by atomic mass is 9.97. The van der Waals surface area contributed by atoms with Crippen molar-refractivity contribution in [3.05, 3.63) is 76.6 Å². The number of nitriles is 2. The zero-order chi connectivity index (χ0) is 31.6. The van der Waals surface area contributed by atoms with Gasteiger partial charge >= 0.3 is 6.18 Å². The van der Waals surface area contributed by atoms with Crippen LogP contribution in [0.4, 0.5) is 24.8 Å². The summed E-state index contributed by atoms with van der Waals surface area (Å²) < 4.78 is 44.5. The minimum Gasteiger partial charge on any atom is -0.369 e. The number of aromatic nitrogens is 4. The second-order valence-electron chi connectivity index (χ2n) is 10.5. The summed E-state index contributed by atoms with van der Waals surface area (Å²) >= 11 is 0. The average molecular weight is 600 g/mol. The minimum absolute atomic E-state index is 0.0169. The van der Waals surface area contributed by atoms with E-state index in [1.807, 2.05) is 17.9 Å². The van der Waals surface area contributed by atoms with Gasteiger partial charge in [-0.1, -0.05) is 6.92 Å². The van der Waals surface area contributed by atoms with Crippen molar-refractivity contribution in [1.82, 2.24) is 24.6 Å². The Balaban J connectivity index is 1.65. The fourth-order valence-electron chi connectivity index (χ4n) is 5.14. The molecule has 224 valence electrons. The molecule has 10 nitrogen and oxygen atoms in total. The van der Waals surface area contributed by atoms with E-state index in [1.165, 1.54) is 17.3 Å². The summed E-state index contributed by atoms with van der Waals surface area (Å²) in [7, 11) is 3.57. The number of rotatable bonds is 9. The smallest absolute Gasteiger partial charge is 0.369 e. The summed E-state index contributed by atoms with van der Waals surface area (Å²) in [5.41, 5.74) is 1.54. The van der Waals surface area contributed by atoms with E-state index in [2.05, 4.69) is 26.6 Å². The van der Waals surface area contributed by atoms with Gasteiger partial charge in [-0.15, -0.1) is 10.2 Å². The SMILES string of the molecule is CCN(C)Cc1cc2c(c(C(F)(F)F)c1)CN(c1cc(-c3cc(C#N)ccc3-c3nncn3C)cc(NCCC#N)n1)C2=O. The van der Waals surface area contributed by atoms with Crippen molar-refractivity contribution >= 4 is 17.5 Å². The Morgan fingerprint density at radius 1 is 1.09 bits per heavy atom. The monoisotopic (exact) mass is 599 g/mol. The van der Waals surface area contributed by atoms with Crippen LogP contribution in [-0.2, 0) is 26.3 Å². The lowest BCUT2D eigenvalue weighted by Gasteiger charge is -2.19. The molecule has 2 aromatic carbocycles. The van der Waals surface area contributed by atoms with Crippen LogP contribution >= 0.6 is 0 Å². The summed E-state index contributed by atoms with van der Waals surface area (Å²) in [5.74, 6) is 0.350. The number of benzene rings is 2. The highest BCUT2D eigenvalue weighted by Crippen LogP contribution is 2.41. The van der Waals surface area contributed by atoms with Crippen molar-refractivity contribution < 1.29 is 18.0 Å². The molecule has 0 fully saturated rings. The van der Waals surface area contributed by atoms with Gasteiger partial charge in [-0.05, 0) is 78.3 Å². The van der Waals surface area contributed by atoms with E-state index in [1.54, 1.807) is 49.0 Å². The lowest BCUT2D eigenvalue weighted by molar-refractivity contribution is -0.138. The largest absolute Gasteiger partial charge is 0.416 e. The molecule has 0 aliphatic carbocycles. The van der Waals surface area contributed by atoms with Crippen LogP contribution in [0.5, 0.6) is 0 Å². The van der Waals surface area contributed by atoms with Crippen LogP contribution in [0.3, 0.4) is 0 Å². The van der Waals surface area contributed by atoms with Crippen LogP contribution < -0.4 is 10.2 Å². The van der Waals surface area contributed by atoms with E-state index >= 15 is 0 Å². The van der Waals surface area contributed by atoms with Crippen LogP contribution in [-0.4, -0.2) is 50.7 Å². The lowest BCUT2D eigenvalue weighted by Crippen LogP contribution is -2.24. The third-order valence-electron chi connectivity index (χ3n) is 7.44. The molecule has 0 radical (unpaired) electrons. The predicted molar refractivity (Wildman–Crippen MR) is 157 cm³/mol. The van der Waals surface area contributed by atoms with Gasteiger partial charge in [-0.3, -0.25) is 9.69 Å². The van der Waals surface area contributed by atoms with Gasteiger partial charge in [0.1, 0.15) is 18.0 Å². The number of pyridine rings is 1. The molecule has 0 saturated heterocycles. The summed E-state index contributed by atoms with van der Waals surface area (Å²) in [4.78, 5) is 21.4. The molecular weight excluding hydrogens is 571 g/mol. The number of carbonyl (C=O) groups excluding carboxylic acids is 1. The van der Waals surface area contributed by atoms with Crippen molar-refractivity contribution in [2.45, 2.75) is 32.6 Å². The second-order valence-corrected chi connectivity index (χ2v) is 10.5. The number of amides is 1. The summed E-state index contributed by atoms with van der Waals surface area (Å²) in [6.07, 6.45) is -2.95. The Bertz CT molecular complexity index is 1820. The Morgan fingerprint density at radius 2 is 1.89 bits per heavy atom. The number of anilines is 2. The molecule has 44 heavy (non-hydrogen) atoms. The molecule has 5 rings (SSSR count). The summed E-state index contributed by atoms with van der Waals surface area (Å²) in [5, 5.41) is 29.9. The maximum Gasteiger partial charge on any atom is 0.416 e. The third kappa shape index (κ3) is 5.96. The number of hydrogen-bond donors (Lipinski definition) is 1. The Morgan fingerprint density at radius 3 is 2.55 bits per heavy atom. The Labute approximate surface area is 252 Å². The fraction of sp³-hybridized carbons (Fsp3) is 0.290. The van der Waals surface area contributed by atoms with Crippen LogP contribution in [0.15, 0.2) is 48.8 Å². The van der Waals surface area contributed by atoms with Crippen molar-refractivity contribution in [3.8, 4) is 34.7 Å². The molecule has 1 aliphatic rings. The van der Waals surface area contributed by atoms with Gasteiger partial charge in [0.05, 0.1) is 36.2 Å². The minimum atomic E-state index is -4.66. The van der Waals surface area contributed by atoms with Gasteiger partial charge < -0.3 is 14.8 Å². The van der Waals surface area contributed by atoms with Crippen LogP contribution in [0.1, 0.15) is 46.0 Å². The highest BCUT2D eigenvalue weighted by atomic mass is 19.4. The van der Waals surface area contributed by atoms with E-state index in [0.29, 0.717) is 46.0 Å². The molecule has 0 saturated carbocycles. The molecule has 4 aromatic rings. The molecule has 1 amide bonds. The fourth-order valence-corrected chi connectivity index (χ4v) is 5.14. The predicted octanol–water partition coefficient (Wildman–Crippen LogP) is 5.37. The number of hydrogen-bond acceptors (Lipinski definition) is 8. The van der Waals surface area contributed by atoms with Gasteiger partial charge in [0.15, 0.2) is 5.82 Å². The molecule has 0 atom stereocenters. The highest BCUT2D eigenvalue weighted by molar-refractivity contribution is 6.10. The van der Waals surface area contributed by atoms with Crippen molar-refractivity contribution in [1.29, 1.82) is 10.5 Å². The number of alkyl halides is 3. The van der Waals surface area contributed by atoms with E-state index < -0.39 is 17.6 Å². The summed E-state index contributed by atoms with van der Waals surface area (Å²) in [6.45, 7) is 2.70. The first-order valence-electron chi connectivity index (χ1n) is 13.8. The number of halogens is 3. The first-order chi connectivity index (χ1) is 21.0. The van der Waals surface area contributed by atoms with Gasteiger partial charge in [0, 0.05) is 31.3 Å². The van der Waals surface area contributed by atoms with Gasteiger partial charge in [0.2, 0.25) is 0 Å². The van der Waals surface area contributed by atoms with Crippen molar-refractivity contribution in [3.63, 3.8) is 0 Å². The molecule has 0 bridgehead atoms. The Kier molecular flexibility index (Phi) is 8.34. The number of nitrogens with one attached hydrogen (secondary N) is 1. The molecular formula is C31H28F3N9O. The molecule has 1 aliphatic heterocycles. The van der Waals surface area contributed by atoms with E-state index in [4.69, 9.17) is 5.26 Å². The van der Waals surface area contributed by atoms with E-state index in [9.17, 15) is 23.2 Å². The van der Waals surface area contributed by atoms with Crippen molar-refractivity contribution in [2.75, 3.05) is 30.4 Å². The maximum atomic E-state index is 14.3. The number of carbonyl (C=O) groups is 1. The summed E-state index contributed by atoms with van der Waals surface area (Å²) in [6, 6.07) is 15.2. The third-order valence-corrected chi connectivity index (χ3v) is 7.44. The second kappa shape index (κ2) is 12.1. The van der Waals surface area contributed by atoms with E-state index in [0.717, 1.165) is 6.07 Å².